The topological polar surface area (TPSA) is 43.4 Å². The van der Waals surface area contributed by atoms with Crippen LogP contribution < -0.4 is 0 Å². The fourth-order valence-electron chi connectivity index (χ4n) is 0.575. The molecular weight excluding hydrogens is 176 g/mol. The SMILES string of the molecule is CC[C@@H](CS(=O)(=O)Cl)OC. The summed E-state index contributed by atoms with van der Waals surface area (Å²) in [6.07, 6.45) is 0.380. The van der Waals surface area contributed by atoms with Gasteiger partial charge in [0, 0.05) is 17.8 Å². The van der Waals surface area contributed by atoms with Crippen molar-refractivity contribution in [1.29, 1.82) is 0 Å². The molecule has 0 aromatic carbocycles. The Labute approximate surface area is 65.7 Å². The van der Waals surface area contributed by atoms with Crippen molar-refractivity contribution in [3.63, 3.8) is 0 Å². The van der Waals surface area contributed by atoms with Crippen LogP contribution in [0.4, 0.5) is 0 Å². The normalized spacial score (nSPS) is 15.1. The van der Waals surface area contributed by atoms with Crippen LogP contribution in [0.15, 0.2) is 0 Å². The van der Waals surface area contributed by atoms with Crippen LogP contribution in [0, 0.1) is 0 Å². The minimum atomic E-state index is -3.40. The lowest BCUT2D eigenvalue weighted by atomic mass is 10.3. The van der Waals surface area contributed by atoms with Gasteiger partial charge < -0.3 is 4.74 Å². The average Bonchev–Trinajstić information content (AvgIpc) is 1.81. The van der Waals surface area contributed by atoms with E-state index in [0.29, 0.717) is 6.42 Å². The maximum absolute atomic E-state index is 10.4. The molecule has 0 saturated heterocycles. The quantitative estimate of drug-likeness (QED) is 0.615. The molecule has 0 spiro atoms. The molecule has 62 valence electrons. The van der Waals surface area contributed by atoms with Crippen molar-refractivity contribution in [2.75, 3.05) is 12.9 Å². The molecule has 1 atom stereocenters. The van der Waals surface area contributed by atoms with Crippen LogP contribution in [0.5, 0.6) is 0 Å². The zero-order valence-corrected chi connectivity index (χ0v) is 7.57. The first-order valence-electron chi connectivity index (χ1n) is 2.94. The Kier molecular flexibility index (Phi) is 4.24. The molecular formula is C5H11ClO3S. The van der Waals surface area contributed by atoms with E-state index in [1.165, 1.54) is 7.11 Å². The minimum Gasteiger partial charge on any atom is -0.380 e. The predicted octanol–water partition coefficient (Wildman–Crippen LogP) is 0.980. The van der Waals surface area contributed by atoms with Gasteiger partial charge >= 0.3 is 0 Å². The lowest BCUT2D eigenvalue weighted by Crippen LogP contribution is -2.18. The second kappa shape index (κ2) is 4.16. The van der Waals surface area contributed by atoms with Gasteiger partial charge in [-0.15, -0.1) is 0 Å². The van der Waals surface area contributed by atoms with Gasteiger partial charge in [-0.05, 0) is 6.42 Å². The van der Waals surface area contributed by atoms with Gasteiger partial charge in [0.25, 0.3) is 0 Å². The maximum atomic E-state index is 10.4. The Morgan fingerprint density at radius 1 is 1.60 bits per heavy atom. The molecule has 0 radical (unpaired) electrons. The van der Waals surface area contributed by atoms with E-state index < -0.39 is 9.05 Å². The molecule has 0 aliphatic rings. The summed E-state index contributed by atoms with van der Waals surface area (Å²) in [5.74, 6) is -0.110. The van der Waals surface area contributed by atoms with Crippen molar-refractivity contribution >= 4 is 19.7 Å². The Morgan fingerprint density at radius 3 is 2.20 bits per heavy atom. The van der Waals surface area contributed by atoms with Crippen LogP contribution in [-0.2, 0) is 13.8 Å². The molecule has 0 aromatic rings. The van der Waals surface area contributed by atoms with Gasteiger partial charge in [-0.2, -0.15) is 0 Å². The monoisotopic (exact) mass is 186 g/mol. The molecule has 0 bridgehead atoms. The summed E-state index contributed by atoms with van der Waals surface area (Å²) in [4.78, 5) is 0. The number of hydrogen-bond acceptors (Lipinski definition) is 3. The van der Waals surface area contributed by atoms with Crippen molar-refractivity contribution in [3.8, 4) is 0 Å². The van der Waals surface area contributed by atoms with E-state index in [2.05, 4.69) is 0 Å². The second-order valence-corrected chi connectivity index (χ2v) is 4.79. The van der Waals surface area contributed by atoms with E-state index in [0.717, 1.165) is 0 Å². The molecule has 10 heavy (non-hydrogen) atoms. The first-order chi connectivity index (χ1) is 4.49. The first-order valence-corrected chi connectivity index (χ1v) is 5.42. The van der Waals surface area contributed by atoms with Crippen LogP contribution in [0.1, 0.15) is 13.3 Å². The summed E-state index contributed by atoms with van der Waals surface area (Å²) in [7, 11) is 3.05. The molecule has 0 aromatic heterocycles. The molecule has 0 N–H and O–H groups in total. The van der Waals surface area contributed by atoms with E-state index in [4.69, 9.17) is 15.4 Å². The van der Waals surface area contributed by atoms with E-state index in [1.807, 2.05) is 6.92 Å². The summed E-state index contributed by atoms with van der Waals surface area (Å²) in [5.41, 5.74) is 0. The third-order valence-electron chi connectivity index (χ3n) is 1.17. The molecule has 0 heterocycles. The second-order valence-electron chi connectivity index (χ2n) is 1.97. The van der Waals surface area contributed by atoms with Gasteiger partial charge in [-0.3, -0.25) is 0 Å². The molecule has 3 nitrogen and oxygen atoms in total. The summed E-state index contributed by atoms with van der Waals surface area (Å²) in [6.45, 7) is 1.84. The van der Waals surface area contributed by atoms with Gasteiger partial charge in [0.05, 0.1) is 11.9 Å². The maximum Gasteiger partial charge on any atom is 0.235 e. The van der Waals surface area contributed by atoms with Crippen molar-refractivity contribution in [2.24, 2.45) is 0 Å². The fraction of sp³-hybridized carbons (Fsp3) is 1.00. The van der Waals surface area contributed by atoms with Crippen molar-refractivity contribution in [3.05, 3.63) is 0 Å². The highest BCUT2D eigenvalue weighted by Crippen LogP contribution is 2.04. The molecule has 0 unspecified atom stereocenters. The van der Waals surface area contributed by atoms with Crippen molar-refractivity contribution in [2.45, 2.75) is 19.4 Å². The van der Waals surface area contributed by atoms with Gasteiger partial charge in [-0.1, -0.05) is 6.92 Å². The van der Waals surface area contributed by atoms with Crippen LogP contribution in [0.3, 0.4) is 0 Å². The summed E-state index contributed by atoms with van der Waals surface area (Å²) in [6, 6.07) is 0. The van der Waals surface area contributed by atoms with E-state index in [-0.39, 0.29) is 11.9 Å². The van der Waals surface area contributed by atoms with Crippen molar-refractivity contribution in [1.82, 2.24) is 0 Å². The number of hydrogen-bond donors (Lipinski definition) is 0. The fourth-order valence-corrected chi connectivity index (χ4v) is 1.81. The number of methoxy groups -OCH3 is 1. The average molecular weight is 187 g/mol. The minimum absolute atomic E-state index is 0.110. The highest BCUT2D eigenvalue weighted by Gasteiger charge is 2.13. The summed E-state index contributed by atoms with van der Waals surface area (Å²) >= 11 is 0. The largest absolute Gasteiger partial charge is 0.380 e. The highest BCUT2D eigenvalue weighted by molar-refractivity contribution is 8.13. The van der Waals surface area contributed by atoms with Crippen LogP contribution in [-0.4, -0.2) is 27.4 Å². The molecule has 0 fully saturated rings. The number of ether oxygens (including phenoxy) is 1. The standard InChI is InChI=1S/C5H11ClO3S/c1-3-5(9-2)4-10(6,7)8/h5H,3-4H2,1-2H3/t5-/m0/s1. The van der Waals surface area contributed by atoms with Crippen LogP contribution >= 0.6 is 10.7 Å². The Bertz CT molecular complexity index is 171. The molecule has 0 saturated carbocycles. The lowest BCUT2D eigenvalue weighted by Gasteiger charge is -2.08. The predicted molar refractivity (Wildman–Crippen MR) is 40.7 cm³/mol. The lowest BCUT2D eigenvalue weighted by molar-refractivity contribution is 0.118. The Balaban J connectivity index is 3.87. The third kappa shape index (κ3) is 5.02. The molecule has 0 rings (SSSR count). The number of halogens is 1. The van der Waals surface area contributed by atoms with Crippen LogP contribution in [0.2, 0.25) is 0 Å². The third-order valence-corrected chi connectivity index (χ3v) is 2.32. The molecule has 5 heteroatoms. The van der Waals surface area contributed by atoms with Crippen LogP contribution in [0.25, 0.3) is 0 Å². The van der Waals surface area contributed by atoms with E-state index in [1.54, 1.807) is 0 Å². The highest BCUT2D eigenvalue weighted by atomic mass is 35.7. The Hall–Kier alpha value is 0.200. The molecule has 0 aliphatic heterocycles. The van der Waals surface area contributed by atoms with Gasteiger partial charge in [-0.25, -0.2) is 8.42 Å². The van der Waals surface area contributed by atoms with Gasteiger partial charge in [0.1, 0.15) is 0 Å². The van der Waals surface area contributed by atoms with Gasteiger partial charge in [0.2, 0.25) is 9.05 Å². The smallest absolute Gasteiger partial charge is 0.235 e. The summed E-state index contributed by atoms with van der Waals surface area (Å²) < 4.78 is 25.7. The number of rotatable bonds is 4. The Morgan fingerprint density at radius 2 is 2.10 bits per heavy atom. The van der Waals surface area contributed by atoms with E-state index in [9.17, 15) is 8.42 Å². The zero-order chi connectivity index (χ0) is 8.20. The van der Waals surface area contributed by atoms with Crippen molar-refractivity contribution < 1.29 is 13.2 Å². The molecule has 0 aliphatic carbocycles. The molecule has 0 amide bonds. The zero-order valence-electron chi connectivity index (χ0n) is 6.00. The first kappa shape index (κ1) is 10.2. The van der Waals surface area contributed by atoms with Gasteiger partial charge in [0.15, 0.2) is 0 Å². The summed E-state index contributed by atoms with van der Waals surface area (Å²) in [5, 5.41) is 0. The van der Waals surface area contributed by atoms with E-state index >= 15 is 0 Å².